The highest BCUT2D eigenvalue weighted by Gasteiger charge is 2.52. The van der Waals surface area contributed by atoms with E-state index in [1.54, 1.807) is 12.1 Å². The van der Waals surface area contributed by atoms with Crippen LogP contribution >= 0.6 is 0 Å². The van der Waals surface area contributed by atoms with Gasteiger partial charge in [-0.2, -0.15) is 0 Å². The third kappa shape index (κ3) is 6.55. The van der Waals surface area contributed by atoms with Crippen LogP contribution in [0.25, 0.3) is 99.1 Å². The van der Waals surface area contributed by atoms with Crippen molar-refractivity contribution in [1.29, 1.82) is 0 Å². The van der Waals surface area contributed by atoms with Crippen molar-refractivity contribution >= 4 is 66.6 Å². The van der Waals surface area contributed by atoms with Crippen molar-refractivity contribution in [2.45, 2.75) is 5.41 Å². The van der Waals surface area contributed by atoms with Crippen molar-refractivity contribution < 1.29 is 4.39 Å². The number of rotatable bonds is 8. The summed E-state index contributed by atoms with van der Waals surface area (Å²) in [6, 6.07) is 102. The summed E-state index contributed by atoms with van der Waals surface area (Å²) in [6.07, 6.45) is 1.86. The molecule has 0 atom stereocenters. The van der Waals surface area contributed by atoms with E-state index < -0.39 is 5.41 Å². The summed E-state index contributed by atoms with van der Waals surface area (Å²) in [5.74, 6) is 0.553. The number of hydrogen-bond acceptors (Lipinski definition) is 3. The molecule has 1 aromatic heterocycles. The molecule has 0 saturated carbocycles. The zero-order valence-electron chi connectivity index (χ0n) is 44.4. The fraction of sp³-hybridized carbons (Fsp3) is 0.0128. The summed E-state index contributed by atoms with van der Waals surface area (Å²) in [7, 11) is 0. The Morgan fingerprint density at radius 1 is 0.305 bits per heavy atom. The smallest absolute Gasteiger partial charge is 0.147 e. The molecule has 1 spiro atoms. The second-order valence-corrected chi connectivity index (χ2v) is 21.8. The molecule has 0 unspecified atom stereocenters. The molecule has 4 heteroatoms. The zero-order chi connectivity index (χ0) is 54.0. The van der Waals surface area contributed by atoms with E-state index >= 15 is 4.39 Å². The number of fused-ring (bicyclic) bond motifs is 15. The van der Waals surface area contributed by atoms with Crippen LogP contribution in [0.2, 0.25) is 0 Å². The van der Waals surface area contributed by atoms with Crippen molar-refractivity contribution in [2.24, 2.45) is 0 Å². The summed E-state index contributed by atoms with van der Waals surface area (Å²) >= 11 is 0. The molecule has 14 aromatic rings. The average Bonchev–Trinajstić information content (AvgIpc) is 1.69. The average molecular weight is 1050 g/mol. The molecule has 0 N–H and O–H groups in total. The normalized spacial score (nSPS) is 12.8. The first kappa shape index (κ1) is 46.3. The van der Waals surface area contributed by atoms with Crippen molar-refractivity contribution in [1.82, 2.24) is 4.98 Å². The second-order valence-electron chi connectivity index (χ2n) is 21.8. The van der Waals surface area contributed by atoms with E-state index in [0.717, 1.165) is 56.2 Å². The topological polar surface area (TPSA) is 19.4 Å². The number of aromatic nitrogens is 1. The van der Waals surface area contributed by atoms with Gasteiger partial charge in [0.1, 0.15) is 11.6 Å². The van der Waals surface area contributed by atoms with Crippen LogP contribution in [0, 0.1) is 5.82 Å². The van der Waals surface area contributed by atoms with E-state index in [1.807, 2.05) is 30.5 Å². The number of nitrogens with zero attached hydrogens (tertiary/aromatic N) is 3. The van der Waals surface area contributed by atoms with E-state index in [2.05, 4.69) is 259 Å². The third-order valence-electron chi connectivity index (χ3n) is 17.7. The van der Waals surface area contributed by atoms with Crippen LogP contribution in [-0.2, 0) is 5.41 Å². The van der Waals surface area contributed by atoms with Gasteiger partial charge in [0.2, 0.25) is 0 Å². The lowest BCUT2D eigenvalue weighted by molar-refractivity contribution is 0.629. The number of pyridine rings is 1. The summed E-state index contributed by atoms with van der Waals surface area (Å²) in [6.45, 7) is 0. The van der Waals surface area contributed by atoms with Crippen LogP contribution in [0.1, 0.15) is 22.3 Å². The lowest BCUT2D eigenvalue weighted by atomic mass is 9.70. The fourth-order valence-electron chi connectivity index (χ4n) is 14.5. The number of para-hydroxylation sites is 1. The predicted octanol–water partition coefficient (Wildman–Crippen LogP) is 20.9. The molecule has 82 heavy (non-hydrogen) atoms. The van der Waals surface area contributed by atoms with Gasteiger partial charge in [-0.25, -0.2) is 9.37 Å². The summed E-state index contributed by atoms with van der Waals surface area (Å²) < 4.78 is 16.9. The van der Waals surface area contributed by atoms with E-state index in [9.17, 15) is 0 Å². The first-order chi connectivity index (χ1) is 40.6. The lowest BCUT2D eigenvalue weighted by Crippen LogP contribution is -2.26. The Kier molecular flexibility index (Phi) is 10.1. The van der Waals surface area contributed by atoms with Crippen LogP contribution in [0.15, 0.2) is 291 Å². The molecule has 0 radical (unpaired) electrons. The van der Waals surface area contributed by atoms with E-state index in [0.29, 0.717) is 5.69 Å². The van der Waals surface area contributed by atoms with Gasteiger partial charge in [-0.3, -0.25) is 4.90 Å². The standard InChI is InChI=1S/C78H48FN3/c79-68-33-11-12-34-69(68)82(70-35-17-32-67-75(70)61-26-7-10-31-66(61)78(67)64-29-8-5-22-57(64)58-23-6-9-30-65(58)78)55-44-40-52(41-45-55)74-60-25-4-3-24-59(60)73(76-62-27-15-20-50-21-16-28-63(72(50)62)77(74)76)51-38-42-54(43-39-51)81(71-36-13-14-47-80-71)56-46-37-49-18-1-2-19-53(49)48-56/h1-48H. The van der Waals surface area contributed by atoms with Gasteiger partial charge >= 0.3 is 0 Å². The lowest BCUT2D eigenvalue weighted by Gasteiger charge is -2.32. The van der Waals surface area contributed by atoms with Crippen molar-refractivity contribution in [2.75, 3.05) is 9.80 Å². The summed E-state index contributed by atoms with van der Waals surface area (Å²) in [4.78, 5) is 9.25. The number of halogens is 1. The monoisotopic (exact) mass is 1050 g/mol. The first-order valence-electron chi connectivity index (χ1n) is 28.1. The predicted molar refractivity (Wildman–Crippen MR) is 338 cm³/mol. The molecule has 0 aliphatic heterocycles. The Morgan fingerprint density at radius 3 is 1.41 bits per heavy atom. The molecule has 1 heterocycles. The van der Waals surface area contributed by atoms with E-state index in [1.165, 1.54) is 93.7 Å². The van der Waals surface area contributed by atoms with Gasteiger partial charge < -0.3 is 4.90 Å². The number of benzene rings is 13. The number of hydrogen-bond donors (Lipinski definition) is 0. The van der Waals surface area contributed by atoms with Crippen molar-refractivity contribution in [3.63, 3.8) is 0 Å². The molecule has 3 aliphatic rings. The molecule has 0 fully saturated rings. The van der Waals surface area contributed by atoms with Crippen molar-refractivity contribution in [3.05, 3.63) is 319 Å². The minimum absolute atomic E-state index is 0.293. The maximum absolute atomic E-state index is 16.9. The molecule has 0 saturated heterocycles. The van der Waals surface area contributed by atoms with Crippen LogP contribution in [0.4, 0.5) is 38.6 Å². The third-order valence-corrected chi connectivity index (χ3v) is 17.7. The van der Waals surface area contributed by atoms with Gasteiger partial charge in [-0.1, -0.05) is 218 Å². The highest BCUT2D eigenvalue weighted by Crippen LogP contribution is 2.65. The largest absolute Gasteiger partial charge is 0.307 e. The maximum atomic E-state index is 16.9. The van der Waals surface area contributed by atoms with Gasteiger partial charge in [0, 0.05) is 28.8 Å². The minimum Gasteiger partial charge on any atom is -0.307 e. The van der Waals surface area contributed by atoms with Crippen LogP contribution in [0.5, 0.6) is 0 Å². The fourth-order valence-corrected chi connectivity index (χ4v) is 14.5. The SMILES string of the molecule is Fc1ccccc1N(c1ccc(-c2c3c(c(-c4ccc(N(c5ccc6ccccc6c5)c5ccccn5)cc4)c4ccccc24)-c2cccc4cccc-3c24)cc1)c1cccc2c1-c1ccccc1C21c2ccccc2-c2ccccc21. The molecular formula is C78H48FN3. The van der Waals surface area contributed by atoms with Crippen LogP contribution < -0.4 is 9.80 Å². The maximum Gasteiger partial charge on any atom is 0.147 e. The summed E-state index contributed by atoms with van der Waals surface area (Å²) in [5.41, 5.74) is 23.0. The molecule has 13 aromatic carbocycles. The Balaban J connectivity index is 0.847. The molecule has 382 valence electrons. The van der Waals surface area contributed by atoms with Gasteiger partial charge in [0.25, 0.3) is 0 Å². The second kappa shape index (κ2) is 17.9. The van der Waals surface area contributed by atoms with Gasteiger partial charge in [-0.15, -0.1) is 0 Å². The Hall–Kier alpha value is -10.7. The molecule has 0 bridgehead atoms. The molecular weight excluding hydrogens is 998 g/mol. The molecule has 3 aliphatic carbocycles. The molecule has 3 nitrogen and oxygen atoms in total. The van der Waals surface area contributed by atoms with E-state index in [4.69, 9.17) is 4.98 Å². The van der Waals surface area contributed by atoms with Gasteiger partial charge in [0.05, 0.1) is 16.8 Å². The number of anilines is 6. The van der Waals surface area contributed by atoms with Crippen LogP contribution in [0.3, 0.4) is 0 Å². The first-order valence-corrected chi connectivity index (χ1v) is 28.1. The molecule has 17 rings (SSSR count). The highest BCUT2D eigenvalue weighted by molar-refractivity contribution is 6.27. The zero-order valence-corrected chi connectivity index (χ0v) is 44.4. The Bertz CT molecular complexity index is 4900. The Labute approximate surface area is 474 Å². The quantitative estimate of drug-likeness (QED) is 0.151. The highest BCUT2D eigenvalue weighted by atomic mass is 19.1. The van der Waals surface area contributed by atoms with Gasteiger partial charge in [0.15, 0.2) is 0 Å². The van der Waals surface area contributed by atoms with Crippen LogP contribution in [-0.4, -0.2) is 4.98 Å². The van der Waals surface area contributed by atoms with Crippen molar-refractivity contribution in [3.8, 4) is 66.8 Å². The van der Waals surface area contributed by atoms with E-state index in [-0.39, 0.29) is 5.82 Å². The minimum atomic E-state index is -0.548. The summed E-state index contributed by atoms with van der Waals surface area (Å²) in [5, 5.41) is 7.17. The molecule has 0 amide bonds. The Morgan fingerprint density at radius 2 is 0.780 bits per heavy atom. The van der Waals surface area contributed by atoms with Gasteiger partial charge in [-0.05, 0) is 182 Å².